The van der Waals surface area contributed by atoms with Crippen LogP contribution in [-0.4, -0.2) is 23.5 Å². The zero-order chi connectivity index (χ0) is 17.1. The number of nitrogens with zero attached hydrogens (tertiary/aromatic N) is 1. The topological polar surface area (TPSA) is 68.3 Å². The highest BCUT2D eigenvalue weighted by atomic mass is 32.1. The molecule has 0 saturated heterocycles. The molecule has 5 nitrogen and oxygen atoms in total. The summed E-state index contributed by atoms with van der Waals surface area (Å²) in [5.41, 5.74) is 1.67. The van der Waals surface area contributed by atoms with E-state index in [0.29, 0.717) is 5.13 Å². The fourth-order valence-corrected chi connectivity index (χ4v) is 3.06. The van der Waals surface area contributed by atoms with Gasteiger partial charge in [-0.25, -0.2) is 14.2 Å². The molecule has 1 amide bonds. The summed E-state index contributed by atoms with van der Waals surface area (Å²) in [7, 11) is 0. The van der Waals surface area contributed by atoms with Gasteiger partial charge in [-0.15, -0.1) is 0 Å². The number of carbonyl (C=O) groups excluding carboxylic acids is 2. The van der Waals surface area contributed by atoms with Crippen LogP contribution >= 0.6 is 11.3 Å². The number of nitrogens with one attached hydrogen (secondary N) is 1. The molecule has 0 bridgehead atoms. The number of aromatic nitrogens is 1. The van der Waals surface area contributed by atoms with Crippen LogP contribution in [0.2, 0.25) is 0 Å². The number of amides is 1. The molecule has 0 saturated carbocycles. The Morgan fingerprint density at radius 3 is 2.83 bits per heavy atom. The molecule has 0 fully saturated rings. The van der Waals surface area contributed by atoms with Crippen LogP contribution in [-0.2, 0) is 9.53 Å². The van der Waals surface area contributed by atoms with E-state index in [-0.39, 0.29) is 5.56 Å². The molecule has 7 heteroatoms. The Labute approximate surface area is 141 Å². The number of hydrogen-bond acceptors (Lipinski definition) is 5. The normalized spacial score (nSPS) is 10.6. The molecule has 24 heavy (non-hydrogen) atoms. The molecule has 1 N–H and O–H groups in total. The Morgan fingerprint density at radius 2 is 2.04 bits per heavy atom. The average molecular weight is 344 g/mol. The SMILES string of the molecule is Cc1ccc2nc(NC(=O)COC(=O)c3ccccc3F)sc2c1. The maximum atomic E-state index is 13.5. The van der Waals surface area contributed by atoms with Gasteiger partial charge in [-0.05, 0) is 36.8 Å². The molecule has 2 aromatic carbocycles. The number of hydrogen-bond donors (Lipinski definition) is 1. The van der Waals surface area contributed by atoms with Crippen molar-refractivity contribution in [2.24, 2.45) is 0 Å². The molecule has 0 aliphatic rings. The largest absolute Gasteiger partial charge is 0.452 e. The summed E-state index contributed by atoms with van der Waals surface area (Å²) in [5, 5.41) is 2.99. The maximum Gasteiger partial charge on any atom is 0.341 e. The van der Waals surface area contributed by atoms with E-state index in [1.165, 1.54) is 29.5 Å². The van der Waals surface area contributed by atoms with Gasteiger partial charge in [0, 0.05) is 0 Å². The number of ether oxygens (including phenoxy) is 1. The lowest BCUT2D eigenvalue weighted by molar-refractivity contribution is -0.119. The van der Waals surface area contributed by atoms with E-state index in [9.17, 15) is 14.0 Å². The van der Waals surface area contributed by atoms with Gasteiger partial charge in [0.1, 0.15) is 5.82 Å². The molecule has 3 aromatic rings. The van der Waals surface area contributed by atoms with Gasteiger partial charge >= 0.3 is 5.97 Å². The lowest BCUT2D eigenvalue weighted by Gasteiger charge is -2.05. The van der Waals surface area contributed by atoms with Crippen molar-refractivity contribution in [1.82, 2.24) is 4.98 Å². The predicted molar refractivity (Wildman–Crippen MR) is 89.7 cm³/mol. The van der Waals surface area contributed by atoms with E-state index in [0.717, 1.165) is 21.8 Å². The highest BCUT2D eigenvalue weighted by Crippen LogP contribution is 2.26. The minimum atomic E-state index is -0.886. The van der Waals surface area contributed by atoms with Crippen molar-refractivity contribution in [2.75, 3.05) is 11.9 Å². The quantitative estimate of drug-likeness (QED) is 0.735. The van der Waals surface area contributed by atoms with Gasteiger partial charge in [0.25, 0.3) is 5.91 Å². The number of benzene rings is 2. The first-order valence-corrected chi connectivity index (χ1v) is 7.93. The molecule has 1 aromatic heterocycles. The van der Waals surface area contributed by atoms with Crippen LogP contribution in [0, 0.1) is 12.7 Å². The third kappa shape index (κ3) is 3.57. The van der Waals surface area contributed by atoms with Gasteiger partial charge in [-0.2, -0.15) is 0 Å². The Balaban J connectivity index is 1.61. The second-order valence-corrected chi connectivity index (χ2v) is 6.13. The van der Waals surface area contributed by atoms with Crippen LogP contribution < -0.4 is 5.32 Å². The standard InChI is InChI=1S/C17H13FN2O3S/c1-10-6-7-13-14(8-10)24-17(19-13)20-15(21)9-23-16(22)11-4-2-3-5-12(11)18/h2-8H,9H2,1H3,(H,19,20,21). The second kappa shape index (κ2) is 6.76. The molecule has 1 heterocycles. The molecule has 0 atom stereocenters. The zero-order valence-corrected chi connectivity index (χ0v) is 13.5. The van der Waals surface area contributed by atoms with E-state index in [1.807, 2.05) is 25.1 Å². The lowest BCUT2D eigenvalue weighted by Crippen LogP contribution is -2.21. The minimum absolute atomic E-state index is 0.208. The number of rotatable bonds is 4. The number of aryl methyl sites for hydroxylation is 1. The van der Waals surface area contributed by atoms with Gasteiger partial charge in [0.05, 0.1) is 15.8 Å². The fourth-order valence-electron chi connectivity index (χ4n) is 2.08. The van der Waals surface area contributed by atoms with Crippen molar-refractivity contribution in [3.63, 3.8) is 0 Å². The number of carbonyl (C=O) groups is 2. The highest BCUT2D eigenvalue weighted by Gasteiger charge is 2.15. The lowest BCUT2D eigenvalue weighted by atomic mass is 10.2. The van der Waals surface area contributed by atoms with Gasteiger partial charge in [-0.1, -0.05) is 29.5 Å². The molecule has 0 radical (unpaired) electrons. The van der Waals surface area contributed by atoms with Crippen LogP contribution in [0.15, 0.2) is 42.5 Å². The van der Waals surface area contributed by atoms with E-state index in [4.69, 9.17) is 4.74 Å². The first-order valence-electron chi connectivity index (χ1n) is 7.11. The molecule has 0 aliphatic heterocycles. The van der Waals surface area contributed by atoms with Gasteiger partial charge < -0.3 is 4.74 Å². The van der Waals surface area contributed by atoms with Gasteiger partial charge in [0.2, 0.25) is 0 Å². The Kier molecular flexibility index (Phi) is 4.52. The van der Waals surface area contributed by atoms with Crippen molar-refractivity contribution >= 4 is 38.6 Å². The van der Waals surface area contributed by atoms with Crippen molar-refractivity contribution < 1.29 is 18.7 Å². The summed E-state index contributed by atoms with van der Waals surface area (Å²) in [6.45, 7) is 1.46. The monoisotopic (exact) mass is 344 g/mol. The minimum Gasteiger partial charge on any atom is -0.452 e. The van der Waals surface area contributed by atoms with Crippen molar-refractivity contribution in [3.05, 3.63) is 59.4 Å². The van der Waals surface area contributed by atoms with E-state index in [2.05, 4.69) is 10.3 Å². The van der Waals surface area contributed by atoms with Gasteiger partial charge in [0.15, 0.2) is 11.7 Å². The summed E-state index contributed by atoms with van der Waals surface area (Å²) in [6, 6.07) is 11.2. The van der Waals surface area contributed by atoms with Crippen molar-refractivity contribution in [3.8, 4) is 0 Å². The Hall–Kier alpha value is -2.80. The van der Waals surface area contributed by atoms with E-state index < -0.39 is 24.3 Å². The van der Waals surface area contributed by atoms with Crippen LogP contribution in [0.4, 0.5) is 9.52 Å². The summed E-state index contributed by atoms with van der Waals surface area (Å²) < 4.78 is 19.2. The first kappa shape index (κ1) is 16.1. The number of anilines is 1. The van der Waals surface area contributed by atoms with Gasteiger partial charge in [-0.3, -0.25) is 10.1 Å². The highest BCUT2D eigenvalue weighted by molar-refractivity contribution is 7.22. The summed E-state index contributed by atoms with van der Waals surface area (Å²) in [5.74, 6) is -2.11. The van der Waals surface area contributed by atoms with Crippen LogP contribution in [0.1, 0.15) is 15.9 Å². The number of thiazole rings is 1. The molecular formula is C17H13FN2O3S. The van der Waals surface area contributed by atoms with Crippen molar-refractivity contribution in [1.29, 1.82) is 0 Å². The predicted octanol–water partition coefficient (Wildman–Crippen LogP) is 3.54. The molecule has 122 valence electrons. The first-order chi connectivity index (χ1) is 11.5. The third-order valence-electron chi connectivity index (χ3n) is 3.22. The number of fused-ring (bicyclic) bond motifs is 1. The molecule has 0 spiro atoms. The molecule has 0 unspecified atom stereocenters. The fraction of sp³-hybridized carbons (Fsp3) is 0.118. The Bertz CT molecular complexity index is 923. The zero-order valence-electron chi connectivity index (χ0n) is 12.7. The van der Waals surface area contributed by atoms with E-state index >= 15 is 0 Å². The second-order valence-electron chi connectivity index (χ2n) is 5.09. The van der Waals surface area contributed by atoms with Crippen LogP contribution in [0.3, 0.4) is 0 Å². The Morgan fingerprint density at radius 1 is 1.25 bits per heavy atom. The smallest absolute Gasteiger partial charge is 0.341 e. The molecule has 0 aliphatic carbocycles. The molecule has 3 rings (SSSR count). The molecular weight excluding hydrogens is 331 g/mol. The van der Waals surface area contributed by atoms with Crippen molar-refractivity contribution in [2.45, 2.75) is 6.92 Å². The van der Waals surface area contributed by atoms with Crippen LogP contribution in [0.5, 0.6) is 0 Å². The average Bonchev–Trinajstić information content (AvgIpc) is 2.94. The maximum absolute atomic E-state index is 13.5. The third-order valence-corrected chi connectivity index (χ3v) is 4.15. The summed E-state index contributed by atoms with van der Waals surface area (Å²) in [4.78, 5) is 27.9. The number of halogens is 1. The van der Waals surface area contributed by atoms with Crippen LogP contribution in [0.25, 0.3) is 10.2 Å². The summed E-state index contributed by atoms with van der Waals surface area (Å²) >= 11 is 1.33. The number of esters is 1. The summed E-state index contributed by atoms with van der Waals surface area (Å²) in [6.07, 6.45) is 0. The van der Waals surface area contributed by atoms with E-state index in [1.54, 1.807) is 0 Å².